The summed E-state index contributed by atoms with van der Waals surface area (Å²) in [4.78, 5) is 4.38. The number of aromatic nitrogens is 2. The van der Waals surface area contributed by atoms with E-state index >= 15 is 0 Å². The third kappa shape index (κ3) is 2.21. The topological polar surface area (TPSA) is 41.9 Å². The Morgan fingerprint density at radius 2 is 2.38 bits per heavy atom. The zero-order chi connectivity index (χ0) is 10.8. The normalized spacial score (nSPS) is 24.9. The van der Waals surface area contributed by atoms with E-state index in [2.05, 4.69) is 26.4 Å². The predicted octanol–water partition coefficient (Wildman–Crippen LogP) is 1.63. The third-order valence-corrected chi connectivity index (χ3v) is 3.61. The number of nitrogens with zero attached hydrogens (tertiary/aromatic N) is 2. The molecule has 1 aliphatic carbocycles. The molecule has 2 fully saturated rings. The highest BCUT2D eigenvalue weighted by Gasteiger charge is 2.25. The van der Waals surface area contributed by atoms with Crippen LogP contribution in [0.25, 0.3) is 0 Å². The number of imidazole rings is 1. The molecule has 1 aromatic heterocycles. The summed E-state index contributed by atoms with van der Waals surface area (Å²) in [5.41, 5.74) is 0. The van der Waals surface area contributed by atoms with Gasteiger partial charge in [0.2, 0.25) is 5.95 Å². The van der Waals surface area contributed by atoms with Gasteiger partial charge in [-0.25, -0.2) is 4.98 Å². The smallest absolute Gasteiger partial charge is 0.203 e. The lowest BCUT2D eigenvalue weighted by molar-refractivity contribution is 0.547. The number of nitrogens with one attached hydrogen (secondary N) is 2. The number of hydrogen-bond donors (Lipinski definition) is 2. The number of rotatable bonds is 5. The molecule has 1 atom stereocenters. The van der Waals surface area contributed by atoms with Crippen LogP contribution in [0.1, 0.15) is 31.7 Å². The molecule has 4 heteroatoms. The van der Waals surface area contributed by atoms with Gasteiger partial charge in [-0.1, -0.05) is 0 Å². The van der Waals surface area contributed by atoms with E-state index in [-0.39, 0.29) is 0 Å². The molecule has 0 amide bonds. The van der Waals surface area contributed by atoms with Gasteiger partial charge in [-0.05, 0) is 44.7 Å². The van der Waals surface area contributed by atoms with E-state index < -0.39 is 0 Å². The molecular formula is C12H20N4. The van der Waals surface area contributed by atoms with Crippen LogP contribution in [0.5, 0.6) is 0 Å². The molecule has 0 bridgehead atoms. The lowest BCUT2D eigenvalue weighted by atomic mass is 10.1. The highest BCUT2D eigenvalue weighted by atomic mass is 15.2. The fourth-order valence-electron chi connectivity index (χ4n) is 2.45. The largest absolute Gasteiger partial charge is 0.356 e. The van der Waals surface area contributed by atoms with E-state index in [0.29, 0.717) is 0 Å². The molecule has 4 nitrogen and oxygen atoms in total. The summed E-state index contributed by atoms with van der Waals surface area (Å²) >= 11 is 0. The minimum atomic E-state index is 0.721. The molecule has 1 aromatic rings. The number of anilines is 1. The molecule has 0 aromatic carbocycles. The standard InChI is InChI=1S/C12H20N4/c1-2-11(1)16-8-7-15-12(16)14-6-4-10-3-5-13-9-10/h7-8,10-11,13H,1-6,9H2,(H,14,15). The van der Waals surface area contributed by atoms with Crippen molar-refractivity contribution in [1.82, 2.24) is 14.9 Å². The molecule has 3 rings (SSSR count). The Bertz CT molecular complexity index is 337. The Balaban J connectivity index is 1.48. The van der Waals surface area contributed by atoms with Gasteiger partial charge in [-0.15, -0.1) is 0 Å². The number of hydrogen-bond acceptors (Lipinski definition) is 3. The molecule has 1 saturated heterocycles. The van der Waals surface area contributed by atoms with Gasteiger partial charge < -0.3 is 15.2 Å². The zero-order valence-corrected chi connectivity index (χ0v) is 9.65. The molecule has 1 aliphatic heterocycles. The van der Waals surface area contributed by atoms with Crippen LogP contribution in [0.4, 0.5) is 5.95 Å². The summed E-state index contributed by atoms with van der Waals surface area (Å²) in [5, 5.41) is 6.87. The molecular weight excluding hydrogens is 200 g/mol. The fourth-order valence-corrected chi connectivity index (χ4v) is 2.45. The minimum absolute atomic E-state index is 0.721. The Hall–Kier alpha value is -1.03. The summed E-state index contributed by atoms with van der Waals surface area (Å²) in [5.74, 6) is 1.92. The molecule has 0 spiro atoms. The first-order valence-corrected chi connectivity index (χ1v) is 6.41. The highest BCUT2D eigenvalue weighted by Crippen LogP contribution is 2.36. The molecule has 16 heavy (non-hydrogen) atoms. The van der Waals surface area contributed by atoms with Crippen LogP contribution in [-0.4, -0.2) is 29.2 Å². The van der Waals surface area contributed by atoms with Crippen molar-refractivity contribution in [3.05, 3.63) is 12.4 Å². The van der Waals surface area contributed by atoms with Crippen LogP contribution in [-0.2, 0) is 0 Å². The molecule has 0 radical (unpaired) electrons. The second kappa shape index (κ2) is 4.45. The van der Waals surface area contributed by atoms with E-state index in [1.54, 1.807) is 0 Å². The van der Waals surface area contributed by atoms with Crippen LogP contribution in [0.3, 0.4) is 0 Å². The van der Waals surface area contributed by atoms with Gasteiger partial charge in [0.1, 0.15) is 0 Å². The van der Waals surface area contributed by atoms with Gasteiger partial charge in [0.25, 0.3) is 0 Å². The first-order chi connectivity index (χ1) is 7.93. The van der Waals surface area contributed by atoms with Gasteiger partial charge in [0, 0.05) is 25.0 Å². The van der Waals surface area contributed by atoms with Crippen molar-refractivity contribution in [3.8, 4) is 0 Å². The van der Waals surface area contributed by atoms with Gasteiger partial charge in [-0.2, -0.15) is 0 Å². The minimum Gasteiger partial charge on any atom is -0.356 e. The van der Waals surface area contributed by atoms with Gasteiger partial charge in [0.15, 0.2) is 0 Å². The van der Waals surface area contributed by atoms with Crippen LogP contribution in [0, 0.1) is 5.92 Å². The lowest BCUT2D eigenvalue weighted by Gasteiger charge is -2.11. The summed E-state index contributed by atoms with van der Waals surface area (Å²) < 4.78 is 2.28. The maximum Gasteiger partial charge on any atom is 0.203 e. The SMILES string of the molecule is c1cn(C2CC2)c(NCCC2CCNC2)n1. The Morgan fingerprint density at radius 3 is 3.12 bits per heavy atom. The van der Waals surface area contributed by atoms with Crippen molar-refractivity contribution < 1.29 is 0 Å². The van der Waals surface area contributed by atoms with Gasteiger partial charge >= 0.3 is 0 Å². The van der Waals surface area contributed by atoms with Crippen molar-refractivity contribution in [1.29, 1.82) is 0 Å². The second-order valence-electron chi connectivity index (χ2n) is 4.96. The van der Waals surface area contributed by atoms with E-state index in [1.165, 1.54) is 38.8 Å². The van der Waals surface area contributed by atoms with Crippen LogP contribution < -0.4 is 10.6 Å². The first-order valence-electron chi connectivity index (χ1n) is 6.41. The van der Waals surface area contributed by atoms with E-state index in [0.717, 1.165) is 24.5 Å². The second-order valence-corrected chi connectivity index (χ2v) is 4.96. The maximum absolute atomic E-state index is 4.38. The first kappa shape index (κ1) is 10.1. The van der Waals surface area contributed by atoms with Crippen molar-refractivity contribution >= 4 is 5.95 Å². The average molecular weight is 220 g/mol. The van der Waals surface area contributed by atoms with Crippen molar-refractivity contribution in [2.75, 3.05) is 25.0 Å². The maximum atomic E-state index is 4.38. The summed E-state index contributed by atoms with van der Waals surface area (Å²) in [6.07, 6.45) is 9.22. The monoisotopic (exact) mass is 220 g/mol. The zero-order valence-electron chi connectivity index (χ0n) is 9.65. The molecule has 1 saturated carbocycles. The van der Waals surface area contributed by atoms with Crippen molar-refractivity contribution in [2.45, 2.75) is 31.7 Å². The average Bonchev–Trinajstić information content (AvgIpc) is 2.82. The Kier molecular flexibility index (Phi) is 2.82. The van der Waals surface area contributed by atoms with Crippen molar-refractivity contribution in [3.63, 3.8) is 0 Å². The van der Waals surface area contributed by atoms with E-state index in [9.17, 15) is 0 Å². The molecule has 88 valence electrons. The van der Waals surface area contributed by atoms with Gasteiger partial charge in [0.05, 0.1) is 0 Å². The predicted molar refractivity (Wildman–Crippen MR) is 64.6 cm³/mol. The van der Waals surface area contributed by atoms with Crippen LogP contribution >= 0.6 is 0 Å². The highest BCUT2D eigenvalue weighted by molar-refractivity contribution is 5.27. The quantitative estimate of drug-likeness (QED) is 0.792. The van der Waals surface area contributed by atoms with E-state index in [1.807, 2.05) is 6.20 Å². The Morgan fingerprint density at radius 1 is 1.44 bits per heavy atom. The summed E-state index contributed by atoms with van der Waals surface area (Å²) in [6, 6.07) is 0.721. The van der Waals surface area contributed by atoms with Gasteiger partial charge in [-0.3, -0.25) is 0 Å². The summed E-state index contributed by atoms with van der Waals surface area (Å²) in [7, 11) is 0. The Labute approximate surface area is 96.4 Å². The molecule has 2 N–H and O–H groups in total. The third-order valence-electron chi connectivity index (χ3n) is 3.61. The van der Waals surface area contributed by atoms with Crippen LogP contribution in [0.15, 0.2) is 12.4 Å². The van der Waals surface area contributed by atoms with Crippen molar-refractivity contribution in [2.24, 2.45) is 5.92 Å². The fraction of sp³-hybridized carbons (Fsp3) is 0.750. The summed E-state index contributed by atoms with van der Waals surface area (Å²) in [6.45, 7) is 3.44. The molecule has 2 aliphatic rings. The lowest BCUT2D eigenvalue weighted by Crippen LogP contribution is -2.14. The van der Waals surface area contributed by atoms with Crippen LogP contribution in [0.2, 0.25) is 0 Å². The molecule has 1 unspecified atom stereocenters. The molecule has 2 heterocycles. The van der Waals surface area contributed by atoms with E-state index in [4.69, 9.17) is 0 Å².